The number of amidine groups is 1. The van der Waals surface area contributed by atoms with Gasteiger partial charge in [0.25, 0.3) is 10.0 Å². The van der Waals surface area contributed by atoms with E-state index in [2.05, 4.69) is 4.40 Å². The lowest BCUT2D eigenvalue weighted by Gasteiger charge is -2.08. The number of nitrogens with one attached hydrogen (secondary N) is 1. The van der Waals surface area contributed by atoms with E-state index < -0.39 is 27.9 Å². The number of carbonyl (C=O) groups is 1. The molecule has 10 heteroatoms. The van der Waals surface area contributed by atoms with Crippen molar-refractivity contribution >= 4 is 33.4 Å². The van der Waals surface area contributed by atoms with Crippen molar-refractivity contribution in [2.45, 2.75) is 11.1 Å². The molecule has 1 N–H and O–H groups in total. The van der Waals surface area contributed by atoms with E-state index >= 15 is 0 Å². The smallest absolute Gasteiger partial charge is 0.302 e. The second-order valence-electron chi connectivity index (χ2n) is 3.48. The molecule has 1 aliphatic heterocycles. The number of hydrogen-bond donors (Lipinski definition) is 1. The largest absolute Gasteiger partial charge is 0.471 e. The summed E-state index contributed by atoms with van der Waals surface area (Å²) in [6.07, 6.45) is -5.16. The number of alkyl halides is 3. The number of amides is 1. The standard InChI is InChI=1S/C9H4ClF3N2O3S/c10-4-2-1-3-5-6(4)7(15-19(5,17)18)14-8(16)9(11,12)13/h1-3H,(H,14,15,16). The molecule has 0 fully saturated rings. The molecule has 19 heavy (non-hydrogen) atoms. The molecule has 2 rings (SSSR count). The Kier molecular flexibility index (Phi) is 3.06. The van der Waals surface area contributed by atoms with Crippen LogP contribution in [0.1, 0.15) is 5.56 Å². The second-order valence-corrected chi connectivity index (χ2v) is 5.46. The van der Waals surface area contributed by atoms with Gasteiger partial charge in [-0.15, -0.1) is 4.40 Å². The number of hydrogen-bond acceptors (Lipinski definition) is 3. The molecule has 1 aromatic rings. The van der Waals surface area contributed by atoms with E-state index in [0.717, 1.165) is 6.07 Å². The number of sulfonamides is 1. The van der Waals surface area contributed by atoms with Crippen LogP contribution in [0.5, 0.6) is 0 Å². The molecule has 1 amide bonds. The Hall–Kier alpha value is -1.61. The maximum atomic E-state index is 12.1. The number of halogens is 4. The van der Waals surface area contributed by atoms with Crippen LogP contribution in [-0.2, 0) is 14.8 Å². The molecule has 1 heterocycles. The first-order chi connectivity index (χ1) is 8.63. The fourth-order valence-electron chi connectivity index (χ4n) is 1.43. The Morgan fingerprint density at radius 3 is 2.53 bits per heavy atom. The summed E-state index contributed by atoms with van der Waals surface area (Å²) in [6.45, 7) is 0. The van der Waals surface area contributed by atoms with Crippen molar-refractivity contribution in [1.82, 2.24) is 5.32 Å². The van der Waals surface area contributed by atoms with Crippen LogP contribution in [-0.4, -0.2) is 26.3 Å². The summed E-state index contributed by atoms with van der Waals surface area (Å²) in [4.78, 5) is 10.4. The van der Waals surface area contributed by atoms with Crippen LogP contribution in [0, 0.1) is 0 Å². The van der Waals surface area contributed by atoms with Gasteiger partial charge in [-0.05, 0) is 12.1 Å². The molecular formula is C9H4ClF3N2O3S. The SMILES string of the molecule is O=C(NC1=NS(=O)(=O)c2cccc(Cl)c21)C(F)(F)F. The van der Waals surface area contributed by atoms with E-state index in [-0.39, 0.29) is 15.5 Å². The van der Waals surface area contributed by atoms with Crippen LogP contribution in [0.15, 0.2) is 27.5 Å². The summed E-state index contributed by atoms with van der Waals surface area (Å²) in [5, 5.41) is 1.27. The minimum absolute atomic E-state index is 0.125. The summed E-state index contributed by atoms with van der Waals surface area (Å²) in [5.41, 5.74) is -0.248. The van der Waals surface area contributed by atoms with Crippen molar-refractivity contribution < 1.29 is 26.4 Å². The summed E-state index contributed by atoms with van der Waals surface area (Å²) >= 11 is 5.71. The van der Waals surface area contributed by atoms with Crippen molar-refractivity contribution in [1.29, 1.82) is 0 Å². The highest BCUT2D eigenvalue weighted by molar-refractivity contribution is 7.90. The van der Waals surface area contributed by atoms with Crippen molar-refractivity contribution in [3.63, 3.8) is 0 Å². The van der Waals surface area contributed by atoms with Gasteiger partial charge < -0.3 is 5.32 Å². The molecule has 0 bridgehead atoms. The molecule has 0 spiro atoms. The monoisotopic (exact) mass is 312 g/mol. The zero-order valence-electron chi connectivity index (χ0n) is 8.82. The molecule has 1 aromatic carbocycles. The molecule has 0 radical (unpaired) electrons. The third kappa shape index (κ3) is 2.43. The van der Waals surface area contributed by atoms with Crippen LogP contribution < -0.4 is 5.32 Å². The molecule has 102 valence electrons. The van der Waals surface area contributed by atoms with E-state index in [1.807, 2.05) is 0 Å². The number of fused-ring (bicyclic) bond motifs is 1. The van der Waals surface area contributed by atoms with Gasteiger partial charge in [-0.2, -0.15) is 21.6 Å². The highest BCUT2D eigenvalue weighted by atomic mass is 35.5. The molecule has 0 unspecified atom stereocenters. The maximum Gasteiger partial charge on any atom is 0.471 e. The molecular weight excluding hydrogens is 309 g/mol. The average Bonchev–Trinajstić information content (AvgIpc) is 2.50. The molecule has 0 saturated heterocycles. The van der Waals surface area contributed by atoms with Crippen LogP contribution in [0.2, 0.25) is 5.02 Å². The number of benzene rings is 1. The van der Waals surface area contributed by atoms with Gasteiger partial charge in [0.1, 0.15) is 4.90 Å². The quantitative estimate of drug-likeness (QED) is 0.788. The molecule has 5 nitrogen and oxygen atoms in total. The Bertz CT molecular complexity index is 697. The lowest BCUT2D eigenvalue weighted by atomic mass is 10.2. The van der Waals surface area contributed by atoms with Gasteiger partial charge in [0.15, 0.2) is 5.84 Å². The first kappa shape index (κ1) is 13.8. The first-order valence-corrected chi connectivity index (χ1v) is 6.47. The minimum Gasteiger partial charge on any atom is -0.302 e. The van der Waals surface area contributed by atoms with Gasteiger partial charge in [0.2, 0.25) is 0 Å². The van der Waals surface area contributed by atoms with Gasteiger partial charge in [-0.3, -0.25) is 4.79 Å². The van der Waals surface area contributed by atoms with Crippen molar-refractivity contribution in [2.24, 2.45) is 4.40 Å². The summed E-state index contributed by atoms with van der Waals surface area (Å²) < 4.78 is 62.6. The van der Waals surface area contributed by atoms with E-state index in [9.17, 15) is 26.4 Å². The van der Waals surface area contributed by atoms with Crippen LogP contribution >= 0.6 is 11.6 Å². The van der Waals surface area contributed by atoms with Crippen LogP contribution in [0.4, 0.5) is 13.2 Å². The number of nitrogens with zero attached hydrogens (tertiary/aromatic N) is 1. The molecule has 0 aromatic heterocycles. The molecule has 0 aliphatic carbocycles. The Morgan fingerprint density at radius 2 is 1.95 bits per heavy atom. The predicted octanol–water partition coefficient (Wildman–Crippen LogP) is 1.47. The van der Waals surface area contributed by atoms with Crippen LogP contribution in [0.3, 0.4) is 0 Å². The highest BCUT2D eigenvalue weighted by Gasteiger charge is 2.41. The lowest BCUT2D eigenvalue weighted by Crippen LogP contribution is -2.40. The van der Waals surface area contributed by atoms with Gasteiger partial charge in [-0.25, -0.2) is 0 Å². The fourth-order valence-corrected chi connectivity index (χ4v) is 2.94. The predicted molar refractivity (Wildman–Crippen MR) is 59.4 cm³/mol. The number of carbonyl (C=O) groups excluding carboxylic acids is 1. The summed E-state index contributed by atoms with van der Waals surface area (Å²) in [6, 6.07) is 3.71. The zero-order chi connectivity index (χ0) is 14.4. The van der Waals surface area contributed by atoms with Gasteiger partial charge in [-0.1, -0.05) is 17.7 Å². The molecule has 0 saturated carbocycles. The summed E-state index contributed by atoms with van der Waals surface area (Å²) in [7, 11) is -4.15. The maximum absolute atomic E-state index is 12.1. The molecule has 0 atom stereocenters. The van der Waals surface area contributed by atoms with Crippen molar-refractivity contribution in [2.75, 3.05) is 0 Å². The Morgan fingerprint density at radius 1 is 1.32 bits per heavy atom. The third-order valence-corrected chi connectivity index (χ3v) is 3.82. The van der Waals surface area contributed by atoms with Crippen LogP contribution in [0.25, 0.3) is 0 Å². The summed E-state index contributed by atoms with van der Waals surface area (Å²) in [5.74, 6) is -3.06. The fraction of sp³-hybridized carbons (Fsp3) is 0.111. The second kappa shape index (κ2) is 4.20. The third-order valence-electron chi connectivity index (χ3n) is 2.19. The zero-order valence-corrected chi connectivity index (χ0v) is 10.4. The van der Waals surface area contributed by atoms with Crippen molar-refractivity contribution in [3.8, 4) is 0 Å². The minimum atomic E-state index is -5.16. The van der Waals surface area contributed by atoms with Crippen molar-refractivity contribution in [3.05, 3.63) is 28.8 Å². The van der Waals surface area contributed by atoms with Gasteiger partial charge >= 0.3 is 12.1 Å². The average molecular weight is 313 g/mol. The first-order valence-electron chi connectivity index (χ1n) is 4.65. The normalized spacial score (nSPS) is 16.7. The van der Waals surface area contributed by atoms with E-state index in [1.165, 1.54) is 17.4 Å². The number of rotatable bonds is 0. The van der Waals surface area contributed by atoms with E-state index in [1.54, 1.807) is 0 Å². The highest BCUT2D eigenvalue weighted by Crippen LogP contribution is 2.31. The Labute approximate surface area is 110 Å². The van der Waals surface area contributed by atoms with Gasteiger partial charge in [0.05, 0.1) is 10.6 Å². The van der Waals surface area contributed by atoms with E-state index in [4.69, 9.17) is 11.6 Å². The lowest BCUT2D eigenvalue weighted by molar-refractivity contribution is -0.171. The topological polar surface area (TPSA) is 75.6 Å². The van der Waals surface area contributed by atoms with Gasteiger partial charge in [0, 0.05) is 0 Å². The van der Waals surface area contributed by atoms with E-state index in [0.29, 0.717) is 0 Å². The molecule has 1 aliphatic rings. The Balaban J connectivity index is 2.49.